The van der Waals surface area contributed by atoms with Crippen LogP contribution in [0.3, 0.4) is 0 Å². The van der Waals surface area contributed by atoms with Crippen LogP contribution in [0.4, 0.5) is 13.2 Å². The van der Waals surface area contributed by atoms with Crippen LogP contribution in [-0.2, 0) is 34.6 Å². The van der Waals surface area contributed by atoms with Crippen LogP contribution in [0.2, 0.25) is 0 Å². The number of nitrogens with one attached hydrogen (secondary N) is 1. The Morgan fingerprint density at radius 1 is 1.19 bits per heavy atom. The van der Waals surface area contributed by atoms with Crippen LogP contribution >= 0.6 is 0 Å². The number of imidazole rings is 1. The number of nitrogens with zero attached hydrogens (tertiary/aromatic N) is 3. The maximum absolute atomic E-state index is 12.7. The highest BCUT2D eigenvalue weighted by Crippen LogP contribution is 2.30. The average Bonchev–Trinajstić information content (AvgIpc) is 3.13. The lowest BCUT2D eigenvalue weighted by atomic mass is 10.2. The number of carbonyl (C=O) groups is 1. The van der Waals surface area contributed by atoms with E-state index in [9.17, 15) is 26.4 Å². The number of para-hydroxylation sites is 1. The van der Waals surface area contributed by atoms with Gasteiger partial charge in [-0.2, -0.15) is 26.7 Å². The standard InChI is InChI=1S/C20H17F3N4O4S/c1-27-12-16(24-13-27)10-19(28)26-25-11-14-4-2-3-5-18(14)31-32(29,30)17-8-6-15(7-9-17)20(21,22)23/h2-9,11-13H,10H2,1H3,(H,26,28). The fraction of sp³-hybridized carbons (Fsp3) is 0.150. The molecule has 0 bridgehead atoms. The van der Waals surface area contributed by atoms with Crippen molar-refractivity contribution in [2.45, 2.75) is 17.5 Å². The van der Waals surface area contributed by atoms with Gasteiger partial charge in [-0.1, -0.05) is 12.1 Å². The summed E-state index contributed by atoms with van der Waals surface area (Å²) in [5, 5.41) is 3.79. The zero-order valence-electron chi connectivity index (χ0n) is 16.6. The number of hydrazone groups is 1. The van der Waals surface area contributed by atoms with Gasteiger partial charge in [0.15, 0.2) is 5.75 Å². The van der Waals surface area contributed by atoms with E-state index in [4.69, 9.17) is 4.18 Å². The summed E-state index contributed by atoms with van der Waals surface area (Å²) in [7, 11) is -2.64. The Bertz CT molecular complexity index is 1240. The first-order valence-corrected chi connectivity index (χ1v) is 10.4. The van der Waals surface area contributed by atoms with Gasteiger partial charge in [0.25, 0.3) is 0 Å². The van der Waals surface area contributed by atoms with E-state index in [1.807, 2.05) is 0 Å². The summed E-state index contributed by atoms with van der Waals surface area (Å²) >= 11 is 0. The molecule has 1 amide bonds. The molecule has 1 heterocycles. The molecule has 12 heteroatoms. The molecule has 0 unspecified atom stereocenters. The van der Waals surface area contributed by atoms with Crippen molar-refractivity contribution in [2.24, 2.45) is 12.1 Å². The van der Waals surface area contributed by atoms with Crippen LogP contribution in [0.5, 0.6) is 5.75 Å². The van der Waals surface area contributed by atoms with E-state index < -0.39 is 32.7 Å². The molecule has 0 fully saturated rings. The number of aryl methyl sites for hydroxylation is 1. The predicted molar refractivity (Wildman–Crippen MR) is 108 cm³/mol. The summed E-state index contributed by atoms with van der Waals surface area (Å²) in [6.07, 6.45) is -0.172. The minimum Gasteiger partial charge on any atom is -0.378 e. The Morgan fingerprint density at radius 2 is 1.88 bits per heavy atom. The van der Waals surface area contributed by atoms with E-state index in [1.54, 1.807) is 30.2 Å². The first-order chi connectivity index (χ1) is 15.0. The molecule has 0 spiro atoms. The molecule has 0 aliphatic rings. The van der Waals surface area contributed by atoms with E-state index >= 15 is 0 Å². The number of carbonyl (C=O) groups excluding carboxylic acids is 1. The highest BCUT2D eigenvalue weighted by atomic mass is 32.2. The molecule has 168 valence electrons. The zero-order chi connectivity index (χ0) is 23.4. The van der Waals surface area contributed by atoms with Crippen molar-refractivity contribution >= 4 is 22.2 Å². The summed E-state index contributed by atoms with van der Waals surface area (Å²) in [5.41, 5.74) is 2.09. The quantitative estimate of drug-likeness (QED) is 0.328. The Labute approximate surface area is 181 Å². The minimum absolute atomic E-state index is 0.00136. The van der Waals surface area contributed by atoms with Crippen LogP contribution in [0.15, 0.2) is 71.1 Å². The first kappa shape index (κ1) is 23.0. The monoisotopic (exact) mass is 466 g/mol. The third-order valence-electron chi connectivity index (χ3n) is 4.08. The summed E-state index contributed by atoms with van der Waals surface area (Å²) in [6.45, 7) is 0. The summed E-state index contributed by atoms with van der Waals surface area (Å²) in [4.78, 5) is 15.5. The van der Waals surface area contributed by atoms with Crippen LogP contribution in [-0.4, -0.2) is 30.1 Å². The Balaban J connectivity index is 1.70. The number of halogens is 3. The highest BCUT2D eigenvalue weighted by Gasteiger charge is 2.31. The van der Waals surface area contributed by atoms with Gasteiger partial charge < -0.3 is 8.75 Å². The number of rotatable bonds is 7. The Kier molecular flexibility index (Phi) is 6.63. The molecule has 3 aromatic rings. The molecular formula is C20H17F3N4O4S. The number of amides is 1. The van der Waals surface area contributed by atoms with Gasteiger partial charge in [0.05, 0.1) is 30.2 Å². The SMILES string of the molecule is Cn1cnc(CC(=O)NN=Cc2ccccc2OS(=O)(=O)c2ccc(C(F)(F)F)cc2)c1. The van der Waals surface area contributed by atoms with E-state index in [1.165, 1.54) is 24.4 Å². The zero-order valence-corrected chi connectivity index (χ0v) is 17.4. The van der Waals surface area contributed by atoms with Crippen molar-refractivity contribution in [2.75, 3.05) is 0 Å². The van der Waals surface area contributed by atoms with Gasteiger partial charge in [0.2, 0.25) is 5.91 Å². The van der Waals surface area contributed by atoms with Gasteiger partial charge in [0.1, 0.15) is 4.90 Å². The van der Waals surface area contributed by atoms with Crippen molar-refractivity contribution in [3.63, 3.8) is 0 Å². The topological polar surface area (TPSA) is 103 Å². The van der Waals surface area contributed by atoms with Crippen LogP contribution in [0.1, 0.15) is 16.8 Å². The van der Waals surface area contributed by atoms with Crippen LogP contribution in [0.25, 0.3) is 0 Å². The summed E-state index contributed by atoms with van der Waals surface area (Å²) in [5.74, 6) is -0.550. The fourth-order valence-electron chi connectivity index (χ4n) is 2.58. The third kappa shape index (κ3) is 5.94. The number of alkyl halides is 3. The second kappa shape index (κ2) is 9.22. The van der Waals surface area contributed by atoms with Gasteiger partial charge in [-0.15, -0.1) is 0 Å². The molecule has 0 aliphatic carbocycles. The van der Waals surface area contributed by atoms with Crippen molar-refractivity contribution in [1.29, 1.82) is 0 Å². The van der Waals surface area contributed by atoms with Crippen LogP contribution < -0.4 is 9.61 Å². The lowest BCUT2D eigenvalue weighted by Crippen LogP contribution is -2.20. The van der Waals surface area contributed by atoms with Gasteiger partial charge in [-0.3, -0.25) is 4.79 Å². The van der Waals surface area contributed by atoms with Gasteiger partial charge in [-0.25, -0.2) is 10.4 Å². The maximum atomic E-state index is 12.7. The molecule has 0 radical (unpaired) electrons. The molecule has 0 saturated carbocycles. The third-order valence-corrected chi connectivity index (χ3v) is 5.33. The minimum atomic E-state index is -4.59. The van der Waals surface area contributed by atoms with Crippen molar-refractivity contribution in [1.82, 2.24) is 15.0 Å². The second-order valence-corrected chi connectivity index (χ2v) is 8.14. The normalized spacial score (nSPS) is 12.1. The summed E-state index contributed by atoms with van der Waals surface area (Å²) < 4.78 is 69.8. The molecule has 0 aliphatic heterocycles. The number of aromatic nitrogens is 2. The lowest BCUT2D eigenvalue weighted by molar-refractivity contribution is -0.137. The predicted octanol–water partition coefficient (Wildman–Crippen LogP) is 2.90. The first-order valence-electron chi connectivity index (χ1n) is 9.04. The molecule has 8 nitrogen and oxygen atoms in total. The number of benzene rings is 2. The van der Waals surface area contributed by atoms with E-state index in [0.29, 0.717) is 17.8 Å². The molecule has 1 N–H and O–H groups in total. The van der Waals surface area contributed by atoms with Gasteiger partial charge >= 0.3 is 16.3 Å². The Morgan fingerprint density at radius 3 is 2.50 bits per heavy atom. The van der Waals surface area contributed by atoms with Gasteiger partial charge in [-0.05, 0) is 36.4 Å². The van der Waals surface area contributed by atoms with E-state index in [0.717, 1.165) is 12.1 Å². The lowest BCUT2D eigenvalue weighted by Gasteiger charge is -2.11. The molecule has 32 heavy (non-hydrogen) atoms. The Hall–Kier alpha value is -3.67. The molecule has 3 rings (SSSR count). The largest absolute Gasteiger partial charge is 0.416 e. The smallest absolute Gasteiger partial charge is 0.378 e. The van der Waals surface area contributed by atoms with E-state index in [-0.39, 0.29) is 17.7 Å². The molecule has 0 atom stereocenters. The average molecular weight is 466 g/mol. The van der Waals surface area contributed by atoms with Gasteiger partial charge in [0, 0.05) is 18.8 Å². The maximum Gasteiger partial charge on any atom is 0.416 e. The summed E-state index contributed by atoms with van der Waals surface area (Å²) in [6, 6.07) is 8.87. The molecule has 0 saturated heterocycles. The van der Waals surface area contributed by atoms with Crippen molar-refractivity contribution in [3.8, 4) is 5.75 Å². The molecule has 1 aromatic heterocycles. The molecule has 2 aromatic carbocycles. The second-order valence-electron chi connectivity index (χ2n) is 6.60. The number of hydrogen-bond acceptors (Lipinski definition) is 6. The fourth-order valence-corrected chi connectivity index (χ4v) is 3.53. The highest BCUT2D eigenvalue weighted by molar-refractivity contribution is 7.87. The number of hydrogen-bond donors (Lipinski definition) is 1. The van der Waals surface area contributed by atoms with Crippen molar-refractivity contribution in [3.05, 3.63) is 77.9 Å². The molecular weight excluding hydrogens is 449 g/mol. The van der Waals surface area contributed by atoms with E-state index in [2.05, 4.69) is 15.5 Å². The van der Waals surface area contributed by atoms with Crippen LogP contribution in [0, 0.1) is 0 Å². The van der Waals surface area contributed by atoms with Crippen molar-refractivity contribution < 1.29 is 30.6 Å².